The predicted molar refractivity (Wildman–Crippen MR) is 85.4 cm³/mol. The number of rotatable bonds is 4. The third-order valence-electron chi connectivity index (χ3n) is 4.08. The second kappa shape index (κ2) is 6.28. The average Bonchev–Trinajstić information content (AvgIpc) is 3.04. The first-order chi connectivity index (χ1) is 11.1. The lowest BCUT2D eigenvalue weighted by molar-refractivity contribution is -0.143. The number of fused-ring (bicyclic) bond motifs is 1. The Morgan fingerprint density at radius 1 is 1.30 bits per heavy atom. The maximum Gasteiger partial charge on any atom is 0.247 e. The van der Waals surface area contributed by atoms with E-state index in [1.165, 1.54) is 0 Å². The summed E-state index contributed by atoms with van der Waals surface area (Å²) in [4.78, 5) is 26.9. The van der Waals surface area contributed by atoms with Crippen LogP contribution in [0.5, 0.6) is 0 Å². The quantitative estimate of drug-likeness (QED) is 0.943. The van der Waals surface area contributed by atoms with Gasteiger partial charge in [0.1, 0.15) is 11.8 Å². The maximum absolute atomic E-state index is 12.8. The zero-order valence-electron chi connectivity index (χ0n) is 13.3. The fourth-order valence-electron chi connectivity index (χ4n) is 3.05. The van der Waals surface area contributed by atoms with Crippen LogP contribution in [0.15, 0.2) is 47.1 Å². The van der Waals surface area contributed by atoms with Gasteiger partial charge in [0.2, 0.25) is 11.8 Å². The topological polar surface area (TPSA) is 62.6 Å². The molecule has 5 heteroatoms. The third kappa shape index (κ3) is 2.99. The number of carbonyl (C=O) groups is 2. The van der Waals surface area contributed by atoms with Crippen LogP contribution in [0.1, 0.15) is 36.8 Å². The van der Waals surface area contributed by atoms with Crippen molar-refractivity contribution in [1.82, 2.24) is 10.2 Å². The van der Waals surface area contributed by atoms with Crippen molar-refractivity contribution < 1.29 is 14.0 Å². The molecule has 1 N–H and O–H groups in total. The molecule has 0 saturated heterocycles. The van der Waals surface area contributed by atoms with Gasteiger partial charge in [-0.15, -0.1) is 0 Å². The van der Waals surface area contributed by atoms with Gasteiger partial charge >= 0.3 is 0 Å². The minimum atomic E-state index is -0.595. The molecule has 1 aromatic carbocycles. The number of nitrogens with one attached hydrogen (secondary N) is 1. The first-order valence-corrected chi connectivity index (χ1v) is 7.77. The molecule has 5 nitrogen and oxygen atoms in total. The molecular formula is C18H20N2O3. The van der Waals surface area contributed by atoms with Gasteiger partial charge < -0.3 is 14.6 Å². The molecular weight excluding hydrogens is 292 g/mol. The third-order valence-corrected chi connectivity index (χ3v) is 4.08. The van der Waals surface area contributed by atoms with E-state index in [9.17, 15) is 9.59 Å². The number of hydrogen-bond acceptors (Lipinski definition) is 3. The molecule has 2 aromatic rings. The molecule has 1 atom stereocenters. The number of nitrogens with zero attached hydrogens (tertiary/aromatic N) is 1. The number of carbonyl (C=O) groups excluding carboxylic acids is 2. The zero-order chi connectivity index (χ0) is 16.4. The van der Waals surface area contributed by atoms with Crippen molar-refractivity contribution in [2.24, 2.45) is 0 Å². The molecule has 2 amide bonds. The van der Waals surface area contributed by atoms with Crippen molar-refractivity contribution in [3.63, 3.8) is 0 Å². The van der Waals surface area contributed by atoms with E-state index in [2.05, 4.69) is 5.32 Å². The van der Waals surface area contributed by atoms with Gasteiger partial charge in [0, 0.05) is 6.04 Å². The van der Waals surface area contributed by atoms with Crippen LogP contribution in [-0.4, -0.2) is 22.8 Å². The smallest absolute Gasteiger partial charge is 0.247 e. The summed E-state index contributed by atoms with van der Waals surface area (Å²) >= 11 is 0. The Bertz CT molecular complexity index is 707. The van der Waals surface area contributed by atoms with Crippen LogP contribution in [0.3, 0.4) is 0 Å². The van der Waals surface area contributed by atoms with Gasteiger partial charge in [-0.05, 0) is 37.1 Å². The van der Waals surface area contributed by atoms with E-state index in [1.54, 1.807) is 23.3 Å². The molecule has 1 aromatic heterocycles. The van der Waals surface area contributed by atoms with Gasteiger partial charge in [-0.2, -0.15) is 0 Å². The number of amides is 2. The normalized spacial score (nSPS) is 17.3. The highest BCUT2D eigenvalue weighted by molar-refractivity contribution is 5.92. The second-order valence-corrected chi connectivity index (χ2v) is 5.97. The predicted octanol–water partition coefficient (Wildman–Crippen LogP) is 2.43. The lowest BCUT2D eigenvalue weighted by atomic mass is 9.90. The first-order valence-electron chi connectivity index (χ1n) is 7.77. The number of hydrogen-bond donors (Lipinski definition) is 1. The molecule has 0 saturated carbocycles. The Morgan fingerprint density at radius 3 is 2.78 bits per heavy atom. The maximum atomic E-state index is 12.8. The fraction of sp³-hybridized carbons (Fsp3) is 0.333. The van der Waals surface area contributed by atoms with E-state index in [-0.39, 0.29) is 17.9 Å². The lowest BCUT2D eigenvalue weighted by Gasteiger charge is -2.38. The number of furan rings is 1. The monoisotopic (exact) mass is 312 g/mol. The molecule has 0 bridgehead atoms. The van der Waals surface area contributed by atoms with Crippen LogP contribution in [0, 0.1) is 0 Å². The first kappa shape index (κ1) is 15.3. The van der Waals surface area contributed by atoms with E-state index in [0.717, 1.165) is 11.1 Å². The van der Waals surface area contributed by atoms with E-state index >= 15 is 0 Å². The Hall–Kier alpha value is -2.56. The van der Waals surface area contributed by atoms with Gasteiger partial charge in [-0.1, -0.05) is 24.3 Å². The summed E-state index contributed by atoms with van der Waals surface area (Å²) in [7, 11) is 0. The summed E-state index contributed by atoms with van der Waals surface area (Å²) in [5.74, 6) is 0.484. The molecule has 120 valence electrons. The van der Waals surface area contributed by atoms with Gasteiger partial charge in [-0.3, -0.25) is 9.59 Å². The molecule has 3 rings (SSSR count). The highest BCUT2D eigenvalue weighted by Crippen LogP contribution is 2.32. The summed E-state index contributed by atoms with van der Waals surface area (Å²) in [6.45, 7) is 4.17. The summed E-state index contributed by atoms with van der Waals surface area (Å²) in [6.07, 6.45) is 1.91. The summed E-state index contributed by atoms with van der Waals surface area (Å²) in [6, 6.07) is 10.6. The molecule has 0 radical (unpaired) electrons. The van der Waals surface area contributed by atoms with Crippen molar-refractivity contribution in [2.75, 3.05) is 0 Å². The van der Waals surface area contributed by atoms with E-state index in [1.807, 2.05) is 38.1 Å². The highest BCUT2D eigenvalue weighted by atomic mass is 16.3. The van der Waals surface area contributed by atoms with E-state index in [0.29, 0.717) is 18.7 Å². The zero-order valence-corrected chi connectivity index (χ0v) is 13.3. The molecule has 1 aliphatic rings. The second-order valence-electron chi connectivity index (χ2n) is 5.97. The van der Waals surface area contributed by atoms with Crippen molar-refractivity contribution in [1.29, 1.82) is 0 Å². The minimum absolute atomic E-state index is 0.0168. The fourth-order valence-corrected chi connectivity index (χ4v) is 3.05. The SMILES string of the molecule is CC(C)N1C(=O)Cc2ccccc2[C@@H]1C(=O)NCc1ccco1. The molecule has 0 spiro atoms. The van der Waals surface area contributed by atoms with Crippen molar-refractivity contribution >= 4 is 11.8 Å². The molecule has 0 fully saturated rings. The number of benzene rings is 1. The Labute approximate surface area is 135 Å². The largest absolute Gasteiger partial charge is 0.467 e. The summed E-state index contributed by atoms with van der Waals surface area (Å²) in [5, 5.41) is 2.87. The van der Waals surface area contributed by atoms with E-state index in [4.69, 9.17) is 4.42 Å². The lowest BCUT2D eigenvalue weighted by Crippen LogP contribution is -2.50. The van der Waals surface area contributed by atoms with Crippen LogP contribution in [0.4, 0.5) is 0 Å². The summed E-state index contributed by atoms with van der Waals surface area (Å²) in [5.41, 5.74) is 1.82. The highest BCUT2D eigenvalue weighted by Gasteiger charge is 2.38. The van der Waals surface area contributed by atoms with Crippen molar-refractivity contribution in [3.8, 4) is 0 Å². The van der Waals surface area contributed by atoms with Crippen LogP contribution in [0.2, 0.25) is 0 Å². The van der Waals surface area contributed by atoms with Crippen molar-refractivity contribution in [3.05, 3.63) is 59.5 Å². The van der Waals surface area contributed by atoms with Crippen molar-refractivity contribution in [2.45, 2.75) is 38.9 Å². The van der Waals surface area contributed by atoms with Gasteiger partial charge in [0.05, 0.1) is 19.2 Å². The summed E-state index contributed by atoms with van der Waals surface area (Å²) < 4.78 is 5.24. The standard InChI is InChI=1S/C18H20N2O3/c1-12(2)20-16(21)10-13-6-3-4-8-15(13)17(20)18(22)19-11-14-7-5-9-23-14/h3-9,12,17H,10-11H2,1-2H3,(H,19,22)/t17-/m1/s1. The van der Waals surface area contributed by atoms with Crippen LogP contribution >= 0.6 is 0 Å². The van der Waals surface area contributed by atoms with Gasteiger partial charge in [0.15, 0.2) is 0 Å². The molecule has 1 aliphatic heterocycles. The Balaban J connectivity index is 1.88. The van der Waals surface area contributed by atoms with Gasteiger partial charge in [-0.25, -0.2) is 0 Å². The molecule has 2 heterocycles. The van der Waals surface area contributed by atoms with Crippen LogP contribution < -0.4 is 5.32 Å². The van der Waals surface area contributed by atoms with E-state index < -0.39 is 6.04 Å². The Kier molecular flexibility index (Phi) is 4.19. The average molecular weight is 312 g/mol. The molecule has 0 aliphatic carbocycles. The van der Waals surface area contributed by atoms with Crippen LogP contribution in [0.25, 0.3) is 0 Å². The van der Waals surface area contributed by atoms with Crippen LogP contribution in [-0.2, 0) is 22.6 Å². The Morgan fingerprint density at radius 2 is 2.09 bits per heavy atom. The molecule has 23 heavy (non-hydrogen) atoms. The minimum Gasteiger partial charge on any atom is -0.467 e. The van der Waals surface area contributed by atoms with Gasteiger partial charge in [0.25, 0.3) is 0 Å². The molecule has 0 unspecified atom stereocenters.